The van der Waals surface area contributed by atoms with Crippen molar-refractivity contribution in [3.63, 3.8) is 0 Å². The number of aryl methyl sites for hydroxylation is 1. The molecule has 0 spiro atoms. The molecule has 2 heterocycles. The van der Waals surface area contributed by atoms with Crippen molar-refractivity contribution < 1.29 is 4.74 Å². The minimum Gasteiger partial charge on any atom is -0.379 e. The van der Waals surface area contributed by atoms with Crippen LogP contribution in [0, 0.1) is 6.92 Å². The standard InChI is InChI=1S/C11H19N3O/c1-10-7-12-9-14(10)11(2)8-13-3-5-15-6-4-13/h7,9,11H,3-6,8H2,1-2H3. The number of hydrogen-bond acceptors (Lipinski definition) is 3. The fourth-order valence-corrected chi connectivity index (χ4v) is 2.08. The van der Waals surface area contributed by atoms with Crippen molar-refractivity contribution in [2.24, 2.45) is 0 Å². The van der Waals surface area contributed by atoms with E-state index in [0.717, 1.165) is 32.8 Å². The van der Waals surface area contributed by atoms with E-state index < -0.39 is 0 Å². The lowest BCUT2D eigenvalue weighted by molar-refractivity contribution is 0.0325. The summed E-state index contributed by atoms with van der Waals surface area (Å²) in [6.45, 7) is 9.27. The number of imidazole rings is 1. The molecule has 0 radical (unpaired) electrons. The first kappa shape index (κ1) is 10.6. The molecule has 1 aliphatic heterocycles. The Morgan fingerprint density at radius 1 is 1.47 bits per heavy atom. The lowest BCUT2D eigenvalue weighted by Crippen LogP contribution is -2.39. The second-order valence-corrected chi connectivity index (χ2v) is 4.20. The van der Waals surface area contributed by atoms with Crippen molar-refractivity contribution >= 4 is 0 Å². The van der Waals surface area contributed by atoms with E-state index >= 15 is 0 Å². The molecule has 1 saturated heterocycles. The van der Waals surface area contributed by atoms with Gasteiger partial charge >= 0.3 is 0 Å². The third-order valence-corrected chi connectivity index (χ3v) is 2.96. The van der Waals surface area contributed by atoms with Crippen LogP contribution in [0.1, 0.15) is 18.7 Å². The first-order valence-corrected chi connectivity index (χ1v) is 5.56. The second kappa shape index (κ2) is 4.77. The van der Waals surface area contributed by atoms with Crippen molar-refractivity contribution in [1.29, 1.82) is 0 Å². The van der Waals surface area contributed by atoms with Gasteiger partial charge in [-0.05, 0) is 13.8 Å². The van der Waals surface area contributed by atoms with Crippen LogP contribution in [-0.2, 0) is 4.74 Å². The summed E-state index contributed by atoms with van der Waals surface area (Å²) in [6, 6.07) is 0.491. The minimum atomic E-state index is 0.491. The maximum Gasteiger partial charge on any atom is 0.0951 e. The van der Waals surface area contributed by atoms with Crippen molar-refractivity contribution in [3.05, 3.63) is 18.2 Å². The number of aromatic nitrogens is 2. The summed E-state index contributed by atoms with van der Waals surface area (Å²) in [5.41, 5.74) is 1.23. The molecule has 15 heavy (non-hydrogen) atoms. The maximum absolute atomic E-state index is 5.33. The molecule has 4 nitrogen and oxygen atoms in total. The summed E-state index contributed by atoms with van der Waals surface area (Å²) in [5, 5.41) is 0. The molecule has 1 aliphatic rings. The lowest BCUT2D eigenvalue weighted by Gasteiger charge is -2.29. The number of hydrogen-bond donors (Lipinski definition) is 0. The molecule has 0 saturated carbocycles. The first-order valence-electron chi connectivity index (χ1n) is 5.56. The van der Waals surface area contributed by atoms with E-state index in [1.807, 2.05) is 12.5 Å². The number of nitrogens with zero attached hydrogens (tertiary/aromatic N) is 3. The molecule has 0 bridgehead atoms. The van der Waals surface area contributed by atoms with Gasteiger partial charge in [-0.25, -0.2) is 4.98 Å². The quantitative estimate of drug-likeness (QED) is 0.746. The van der Waals surface area contributed by atoms with Crippen molar-refractivity contribution in [2.45, 2.75) is 19.9 Å². The number of rotatable bonds is 3. The van der Waals surface area contributed by atoms with Gasteiger partial charge < -0.3 is 9.30 Å². The van der Waals surface area contributed by atoms with Gasteiger partial charge in [0, 0.05) is 37.6 Å². The van der Waals surface area contributed by atoms with E-state index in [4.69, 9.17) is 4.74 Å². The van der Waals surface area contributed by atoms with Gasteiger partial charge in [-0.2, -0.15) is 0 Å². The summed E-state index contributed by atoms with van der Waals surface area (Å²) < 4.78 is 7.57. The number of morpholine rings is 1. The van der Waals surface area contributed by atoms with Crippen LogP contribution in [-0.4, -0.2) is 47.3 Å². The minimum absolute atomic E-state index is 0.491. The molecule has 0 N–H and O–H groups in total. The van der Waals surface area contributed by atoms with Crippen LogP contribution in [0.5, 0.6) is 0 Å². The third kappa shape index (κ3) is 2.58. The second-order valence-electron chi connectivity index (χ2n) is 4.20. The van der Waals surface area contributed by atoms with Crippen LogP contribution in [0.2, 0.25) is 0 Å². The molecule has 0 aromatic carbocycles. The topological polar surface area (TPSA) is 30.3 Å². The molecule has 0 aliphatic carbocycles. The Morgan fingerprint density at radius 2 is 2.20 bits per heavy atom. The predicted octanol–water partition coefficient (Wildman–Crippen LogP) is 1.08. The van der Waals surface area contributed by atoms with Crippen LogP contribution in [0.3, 0.4) is 0 Å². The van der Waals surface area contributed by atoms with Gasteiger partial charge in [-0.3, -0.25) is 4.90 Å². The molecule has 1 aromatic rings. The summed E-state index contributed by atoms with van der Waals surface area (Å²) in [7, 11) is 0. The SMILES string of the molecule is Cc1cncn1C(C)CN1CCOCC1. The summed E-state index contributed by atoms with van der Waals surface area (Å²) in [5.74, 6) is 0. The zero-order valence-electron chi connectivity index (χ0n) is 9.52. The summed E-state index contributed by atoms with van der Waals surface area (Å²) in [6.07, 6.45) is 3.83. The third-order valence-electron chi connectivity index (χ3n) is 2.96. The lowest BCUT2D eigenvalue weighted by atomic mass is 10.2. The van der Waals surface area contributed by atoms with Gasteiger partial charge in [0.25, 0.3) is 0 Å². The van der Waals surface area contributed by atoms with Crippen molar-refractivity contribution in [2.75, 3.05) is 32.8 Å². The monoisotopic (exact) mass is 209 g/mol. The van der Waals surface area contributed by atoms with E-state index in [-0.39, 0.29) is 0 Å². The smallest absolute Gasteiger partial charge is 0.0951 e. The van der Waals surface area contributed by atoms with Gasteiger partial charge in [0.15, 0.2) is 0 Å². The van der Waals surface area contributed by atoms with E-state index in [1.165, 1.54) is 5.69 Å². The van der Waals surface area contributed by atoms with Crippen LogP contribution < -0.4 is 0 Å². The molecule has 1 aromatic heterocycles. The Kier molecular flexibility index (Phi) is 3.38. The Bertz CT molecular complexity index is 305. The first-order chi connectivity index (χ1) is 7.27. The molecule has 0 amide bonds. The van der Waals surface area contributed by atoms with E-state index in [2.05, 4.69) is 28.3 Å². The highest BCUT2D eigenvalue weighted by Crippen LogP contribution is 2.11. The van der Waals surface area contributed by atoms with Crippen molar-refractivity contribution in [3.8, 4) is 0 Å². The van der Waals surface area contributed by atoms with Gasteiger partial charge in [0.1, 0.15) is 0 Å². The maximum atomic E-state index is 5.33. The predicted molar refractivity (Wildman–Crippen MR) is 58.9 cm³/mol. The van der Waals surface area contributed by atoms with E-state index in [9.17, 15) is 0 Å². The molecule has 4 heteroatoms. The van der Waals surface area contributed by atoms with Crippen molar-refractivity contribution in [1.82, 2.24) is 14.5 Å². The number of ether oxygens (including phenoxy) is 1. The summed E-state index contributed by atoms with van der Waals surface area (Å²) >= 11 is 0. The Morgan fingerprint density at radius 3 is 2.80 bits per heavy atom. The molecule has 2 rings (SSSR count). The van der Waals surface area contributed by atoms with Gasteiger partial charge in [-0.1, -0.05) is 0 Å². The van der Waals surface area contributed by atoms with Crippen LogP contribution in [0.25, 0.3) is 0 Å². The molecular weight excluding hydrogens is 190 g/mol. The molecule has 84 valence electrons. The molecular formula is C11H19N3O. The van der Waals surface area contributed by atoms with Gasteiger partial charge in [0.05, 0.1) is 19.5 Å². The fraction of sp³-hybridized carbons (Fsp3) is 0.727. The molecule has 1 atom stereocenters. The molecule has 1 fully saturated rings. The van der Waals surface area contributed by atoms with E-state index in [1.54, 1.807) is 0 Å². The molecule has 1 unspecified atom stereocenters. The largest absolute Gasteiger partial charge is 0.379 e. The summed E-state index contributed by atoms with van der Waals surface area (Å²) in [4.78, 5) is 6.61. The Labute approximate surface area is 90.9 Å². The van der Waals surface area contributed by atoms with Crippen LogP contribution in [0.4, 0.5) is 0 Å². The normalized spacial score (nSPS) is 20.4. The highest BCUT2D eigenvalue weighted by molar-refractivity contribution is 4.96. The zero-order chi connectivity index (χ0) is 10.7. The van der Waals surface area contributed by atoms with Gasteiger partial charge in [0.2, 0.25) is 0 Å². The highest BCUT2D eigenvalue weighted by Gasteiger charge is 2.15. The average Bonchev–Trinajstić information content (AvgIpc) is 2.66. The van der Waals surface area contributed by atoms with Crippen LogP contribution in [0.15, 0.2) is 12.5 Å². The Balaban J connectivity index is 1.91. The average molecular weight is 209 g/mol. The van der Waals surface area contributed by atoms with Gasteiger partial charge in [-0.15, -0.1) is 0 Å². The van der Waals surface area contributed by atoms with Crippen LogP contribution >= 0.6 is 0 Å². The zero-order valence-corrected chi connectivity index (χ0v) is 9.52. The fourth-order valence-electron chi connectivity index (χ4n) is 2.08. The van der Waals surface area contributed by atoms with E-state index in [0.29, 0.717) is 6.04 Å². The highest BCUT2D eigenvalue weighted by atomic mass is 16.5. The Hall–Kier alpha value is -0.870.